The second-order valence-corrected chi connectivity index (χ2v) is 6.62. The van der Waals surface area contributed by atoms with E-state index in [0.717, 1.165) is 24.3 Å². The molecule has 7 nitrogen and oxygen atoms in total. The molecule has 27 heavy (non-hydrogen) atoms. The molecule has 4 rings (SSSR count). The van der Waals surface area contributed by atoms with E-state index in [1.807, 2.05) is 33.7 Å². The van der Waals surface area contributed by atoms with Gasteiger partial charge in [-0.2, -0.15) is 0 Å². The largest absolute Gasteiger partial charge is 0.497 e. The lowest BCUT2D eigenvalue weighted by molar-refractivity contribution is 0.0707. The third-order valence-corrected chi connectivity index (χ3v) is 5.12. The number of pyridine rings is 1. The third-order valence-electron chi connectivity index (χ3n) is 5.12. The van der Waals surface area contributed by atoms with Crippen LogP contribution in [0.2, 0.25) is 0 Å². The van der Waals surface area contributed by atoms with Crippen molar-refractivity contribution in [2.75, 3.05) is 27.3 Å². The summed E-state index contributed by atoms with van der Waals surface area (Å²) in [5.41, 5.74) is 1.38. The van der Waals surface area contributed by atoms with Gasteiger partial charge in [0.25, 0.3) is 5.91 Å². The van der Waals surface area contributed by atoms with E-state index in [-0.39, 0.29) is 5.91 Å². The Hall–Kier alpha value is -3.09. The van der Waals surface area contributed by atoms with Crippen molar-refractivity contribution < 1.29 is 14.3 Å². The van der Waals surface area contributed by atoms with Crippen molar-refractivity contribution in [2.45, 2.75) is 18.8 Å². The summed E-state index contributed by atoms with van der Waals surface area (Å²) in [7, 11) is 3.16. The number of aromatic nitrogens is 3. The highest BCUT2D eigenvalue weighted by Gasteiger charge is 2.28. The van der Waals surface area contributed by atoms with Gasteiger partial charge < -0.3 is 14.4 Å². The zero-order chi connectivity index (χ0) is 18.8. The monoisotopic (exact) mass is 366 g/mol. The normalized spacial score (nSPS) is 15.1. The van der Waals surface area contributed by atoms with Crippen molar-refractivity contribution in [1.82, 2.24) is 19.5 Å². The second-order valence-electron chi connectivity index (χ2n) is 6.62. The number of likely N-dealkylation sites (tertiary alicyclic amines) is 1. The third kappa shape index (κ3) is 3.20. The van der Waals surface area contributed by atoms with Gasteiger partial charge in [0.15, 0.2) is 5.65 Å². The lowest BCUT2D eigenvalue weighted by Crippen LogP contribution is -2.38. The van der Waals surface area contributed by atoms with Gasteiger partial charge in [-0.15, -0.1) is 10.2 Å². The van der Waals surface area contributed by atoms with Gasteiger partial charge in [0.2, 0.25) is 0 Å². The van der Waals surface area contributed by atoms with Crippen molar-refractivity contribution in [3.05, 3.63) is 54.0 Å². The first-order valence-electron chi connectivity index (χ1n) is 9.02. The maximum Gasteiger partial charge on any atom is 0.257 e. The van der Waals surface area contributed by atoms with E-state index in [9.17, 15) is 4.79 Å². The van der Waals surface area contributed by atoms with Crippen LogP contribution in [-0.2, 0) is 0 Å². The Labute approximate surface area is 157 Å². The number of methoxy groups -OCH3 is 2. The smallest absolute Gasteiger partial charge is 0.257 e. The number of carbonyl (C=O) groups excluding carboxylic acids is 1. The Balaban J connectivity index is 1.50. The predicted octanol–water partition coefficient (Wildman–Crippen LogP) is 2.77. The van der Waals surface area contributed by atoms with Crippen LogP contribution in [0.25, 0.3) is 5.65 Å². The number of fused-ring (bicyclic) bond motifs is 1. The molecule has 1 aliphatic rings. The molecule has 0 spiro atoms. The second kappa shape index (κ2) is 7.26. The van der Waals surface area contributed by atoms with Crippen LogP contribution in [0.15, 0.2) is 42.6 Å². The number of hydrogen-bond donors (Lipinski definition) is 0. The lowest BCUT2D eigenvalue weighted by atomic mass is 9.95. The molecular weight excluding hydrogens is 344 g/mol. The Bertz CT molecular complexity index is 961. The number of carbonyl (C=O) groups is 1. The van der Waals surface area contributed by atoms with Crippen molar-refractivity contribution in [1.29, 1.82) is 0 Å². The van der Waals surface area contributed by atoms with Crippen molar-refractivity contribution >= 4 is 11.6 Å². The zero-order valence-corrected chi connectivity index (χ0v) is 15.5. The standard InChI is InChI=1S/C20H22N4O3/c1-26-15-6-7-17(27-2)16(13-15)20(25)23-11-8-14(9-12-23)19-22-21-18-5-3-4-10-24(18)19/h3-7,10,13-14H,8-9,11-12H2,1-2H3. The van der Waals surface area contributed by atoms with Crippen molar-refractivity contribution in [3.8, 4) is 11.5 Å². The molecule has 3 aromatic rings. The number of piperidine rings is 1. The Kier molecular flexibility index (Phi) is 4.66. The van der Waals surface area contributed by atoms with Crippen LogP contribution in [-0.4, -0.2) is 52.7 Å². The molecule has 7 heteroatoms. The highest BCUT2D eigenvalue weighted by molar-refractivity contribution is 5.97. The van der Waals surface area contributed by atoms with Gasteiger partial charge in [0.1, 0.15) is 17.3 Å². The maximum absolute atomic E-state index is 13.0. The van der Waals surface area contributed by atoms with Crippen LogP contribution in [0.4, 0.5) is 0 Å². The number of ether oxygens (including phenoxy) is 2. The van der Waals surface area contributed by atoms with E-state index in [1.54, 1.807) is 32.4 Å². The minimum atomic E-state index is -0.0321. The quantitative estimate of drug-likeness (QED) is 0.710. The average Bonchev–Trinajstić information content (AvgIpc) is 3.17. The molecule has 3 heterocycles. The molecule has 0 radical (unpaired) electrons. The molecular formula is C20H22N4O3. The summed E-state index contributed by atoms with van der Waals surface area (Å²) in [6.45, 7) is 1.34. The number of rotatable bonds is 4. The predicted molar refractivity (Wildman–Crippen MR) is 100 cm³/mol. The first-order chi connectivity index (χ1) is 13.2. The molecule has 2 aromatic heterocycles. The Morgan fingerprint density at radius 3 is 2.63 bits per heavy atom. The molecule has 0 N–H and O–H groups in total. The fourth-order valence-corrected chi connectivity index (χ4v) is 3.63. The number of nitrogens with zero attached hydrogens (tertiary/aromatic N) is 4. The molecule has 0 saturated carbocycles. The highest BCUT2D eigenvalue weighted by Crippen LogP contribution is 2.30. The SMILES string of the molecule is COc1ccc(OC)c(C(=O)N2CCC(c3nnc4ccccn34)CC2)c1. The molecule has 1 aromatic carbocycles. The lowest BCUT2D eigenvalue weighted by Gasteiger charge is -2.31. The fraction of sp³-hybridized carbons (Fsp3) is 0.350. The molecule has 0 atom stereocenters. The summed E-state index contributed by atoms with van der Waals surface area (Å²) < 4.78 is 12.6. The Morgan fingerprint density at radius 1 is 1.07 bits per heavy atom. The first-order valence-corrected chi connectivity index (χ1v) is 9.02. The van der Waals surface area contributed by atoms with Crippen LogP contribution >= 0.6 is 0 Å². The average molecular weight is 366 g/mol. The number of benzene rings is 1. The van der Waals surface area contributed by atoms with Crippen LogP contribution in [0, 0.1) is 0 Å². The van der Waals surface area contributed by atoms with E-state index in [0.29, 0.717) is 36.1 Å². The van der Waals surface area contributed by atoms with Gasteiger partial charge in [0.05, 0.1) is 19.8 Å². The molecule has 1 aliphatic heterocycles. The topological polar surface area (TPSA) is 69.0 Å². The van der Waals surface area contributed by atoms with Gasteiger partial charge in [-0.05, 0) is 43.2 Å². The fourth-order valence-electron chi connectivity index (χ4n) is 3.63. The zero-order valence-electron chi connectivity index (χ0n) is 15.5. The van der Waals surface area contributed by atoms with Crippen LogP contribution in [0.3, 0.4) is 0 Å². The number of amides is 1. The van der Waals surface area contributed by atoms with Crippen LogP contribution < -0.4 is 9.47 Å². The van der Waals surface area contributed by atoms with E-state index in [2.05, 4.69) is 10.2 Å². The van der Waals surface area contributed by atoms with Crippen molar-refractivity contribution in [3.63, 3.8) is 0 Å². The summed E-state index contributed by atoms with van der Waals surface area (Å²) in [4.78, 5) is 14.9. The van der Waals surface area contributed by atoms with E-state index >= 15 is 0 Å². The molecule has 140 valence electrons. The van der Waals surface area contributed by atoms with Gasteiger partial charge >= 0.3 is 0 Å². The van der Waals surface area contributed by atoms with Crippen molar-refractivity contribution in [2.24, 2.45) is 0 Å². The van der Waals surface area contributed by atoms with E-state index in [1.165, 1.54) is 0 Å². The molecule has 0 bridgehead atoms. The number of hydrogen-bond acceptors (Lipinski definition) is 5. The minimum absolute atomic E-state index is 0.0321. The first kappa shape index (κ1) is 17.3. The highest BCUT2D eigenvalue weighted by atomic mass is 16.5. The minimum Gasteiger partial charge on any atom is -0.497 e. The summed E-state index contributed by atoms with van der Waals surface area (Å²) in [6, 6.07) is 11.2. The van der Waals surface area contributed by atoms with Crippen LogP contribution in [0.5, 0.6) is 11.5 Å². The molecule has 1 fully saturated rings. The van der Waals surface area contributed by atoms with E-state index in [4.69, 9.17) is 9.47 Å². The van der Waals surface area contributed by atoms with Gasteiger partial charge in [-0.25, -0.2) is 0 Å². The van der Waals surface area contributed by atoms with Crippen LogP contribution in [0.1, 0.15) is 34.9 Å². The van der Waals surface area contributed by atoms with Gasteiger partial charge in [-0.1, -0.05) is 6.07 Å². The maximum atomic E-state index is 13.0. The van der Waals surface area contributed by atoms with Gasteiger partial charge in [0, 0.05) is 25.2 Å². The summed E-state index contributed by atoms with van der Waals surface area (Å²) in [6.07, 6.45) is 3.70. The summed E-state index contributed by atoms with van der Waals surface area (Å²) in [5.74, 6) is 2.43. The van der Waals surface area contributed by atoms with E-state index < -0.39 is 0 Å². The molecule has 1 amide bonds. The molecule has 0 unspecified atom stereocenters. The Morgan fingerprint density at radius 2 is 1.89 bits per heavy atom. The summed E-state index contributed by atoms with van der Waals surface area (Å²) in [5, 5.41) is 8.61. The molecule has 0 aliphatic carbocycles. The summed E-state index contributed by atoms with van der Waals surface area (Å²) >= 11 is 0. The molecule has 1 saturated heterocycles. The van der Waals surface area contributed by atoms with Gasteiger partial charge in [-0.3, -0.25) is 9.20 Å².